The number of ether oxygens (including phenoxy) is 2. The van der Waals surface area contributed by atoms with E-state index in [2.05, 4.69) is 0 Å². The van der Waals surface area contributed by atoms with Gasteiger partial charge in [-0.2, -0.15) is 0 Å². The molecule has 0 aromatic heterocycles. The summed E-state index contributed by atoms with van der Waals surface area (Å²) in [6.45, 7) is 11.3. The quantitative estimate of drug-likeness (QED) is 0.110. The lowest BCUT2D eigenvalue weighted by Crippen LogP contribution is -2.25. The molecule has 2 unspecified atom stereocenters. The van der Waals surface area contributed by atoms with Gasteiger partial charge < -0.3 is 9.47 Å². The highest BCUT2D eigenvalue weighted by molar-refractivity contribution is 6.41. The number of Topliss-reactive ketones (excluding diaryl/α,β-unsaturated/α-hetero) is 2. The lowest BCUT2D eigenvalue weighted by molar-refractivity contribution is -0.150. The molecule has 0 heterocycles. The Kier molecular flexibility index (Phi) is 9.71. The highest BCUT2D eigenvalue weighted by atomic mass is 16.6. The second kappa shape index (κ2) is 13.4. The smallest absolute Gasteiger partial charge is 0.380 e. The van der Waals surface area contributed by atoms with Crippen molar-refractivity contribution in [3.05, 3.63) is 141 Å². The van der Waals surface area contributed by atoms with Crippen LogP contribution in [0.15, 0.2) is 84.9 Å². The fraction of sp³-hybridized carbons (Fsp3) is 0.243. The lowest BCUT2D eigenvalue weighted by Gasteiger charge is -2.25. The number of esters is 2. The van der Waals surface area contributed by atoms with Gasteiger partial charge in [-0.05, 0) is 86.1 Å². The SMILES string of the molecule is Cc1ccc(C(=O)C(=O)OC(CC(OC(=O)C(=O)c2ccc(C)c(C)c2C)c2ccccc2)c2ccccc2)c(C)c1C. The van der Waals surface area contributed by atoms with Crippen molar-refractivity contribution in [2.24, 2.45) is 0 Å². The number of aryl methyl sites for hydroxylation is 2. The molecule has 0 radical (unpaired) electrons. The van der Waals surface area contributed by atoms with Crippen molar-refractivity contribution in [2.75, 3.05) is 0 Å². The number of benzene rings is 4. The van der Waals surface area contributed by atoms with E-state index in [4.69, 9.17) is 9.47 Å². The predicted octanol–water partition coefficient (Wildman–Crippen LogP) is 7.56. The highest BCUT2D eigenvalue weighted by Crippen LogP contribution is 2.33. The minimum absolute atomic E-state index is 0.0100. The van der Waals surface area contributed by atoms with Crippen molar-refractivity contribution in [1.82, 2.24) is 0 Å². The summed E-state index contributed by atoms with van der Waals surface area (Å²) in [6.07, 6.45) is -1.90. The fourth-order valence-electron chi connectivity index (χ4n) is 5.02. The molecule has 0 amide bonds. The number of carbonyl (C=O) groups is 4. The third-order valence-electron chi connectivity index (χ3n) is 8.25. The zero-order chi connectivity index (χ0) is 31.3. The minimum Gasteiger partial charge on any atom is -0.451 e. The Morgan fingerprint density at radius 2 is 0.837 bits per heavy atom. The number of hydrogen-bond acceptors (Lipinski definition) is 6. The second-order valence-electron chi connectivity index (χ2n) is 10.9. The van der Waals surface area contributed by atoms with E-state index in [1.165, 1.54) is 0 Å². The first-order valence-electron chi connectivity index (χ1n) is 14.2. The van der Waals surface area contributed by atoms with Crippen molar-refractivity contribution in [3.63, 3.8) is 0 Å². The summed E-state index contributed by atoms with van der Waals surface area (Å²) in [5.74, 6) is -3.54. The van der Waals surface area contributed by atoms with E-state index in [9.17, 15) is 19.2 Å². The standard InChI is InChI=1S/C37H36O6/c1-22-17-19-30(26(5)24(22)3)34(38)36(40)42-32(28-13-9-7-10-14-28)21-33(29-15-11-8-12-16-29)43-37(41)35(39)31-20-18-23(2)25(4)27(31)6/h7-20,32-33H,21H2,1-6H3. The Bertz CT molecular complexity index is 1550. The van der Waals surface area contributed by atoms with Crippen LogP contribution < -0.4 is 0 Å². The van der Waals surface area contributed by atoms with Crippen LogP contribution in [0, 0.1) is 41.5 Å². The normalized spacial score (nSPS) is 12.2. The van der Waals surface area contributed by atoms with Crippen LogP contribution in [-0.4, -0.2) is 23.5 Å². The zero-order valence-corrected chi connectivity index (χ0v) is 25.4. The number of hydrogen-bond donors (Lipinski definition) is 0. The topological polar surface area (TPSA) is 86.7 Å². The monoisotopic (exact) mass is 576 g/mol. The molecule has 220 valence electrons. The molecule has 43 heavy (non-hydrogen) atoms. The van der Waals surface area contributed by atoms with E-state index in [0.717, 1.165) is 33.4 Å². The van der Waals surface area contributed by atoms with Gasteiger partial charge >= 0.3 is 11.9 Å². The molecule has 6 heteroatoms. The number of rotatable bonds is 10. The largest absolute Gasteiger partial charge is 0.451 e. The van der Waals surface area contributed by atoms with E-state index < -0.39 is 35.7 Å². The molecule has 0 N–H and O–H groups in total. The molecule has 4 aromatic rings. The van der Waals surface area contributed by atoms with Crippen molar-refractivity contribution in [2.45, 2.75) is 60.2 Å². The fourth-order valence-corrected chi connectivity index (χ4v) is 5.02. The molecule has 0 bridgehead atoms. The molecule has 0 spiro atoms. The molecule has 2 atom stereocenters. The van der Waals surface area contributed by atoms with Gasteiger partial charge in [0.15, 0.2) is 0 Å². The maximum Gasteiger partial charge on any atom is 0.380 e. The minimum atomic E-state index is -1.01. The molecular weight excluding hydrogens is 540 g/mol. The molecule has 0 saturated carbocycles. The molecule has 0 aliphatic heterocycles. The first kappa shape index (κ1) is 31.1. The van der Waals surface area contributed by atoms with Gasteiger partial charge in [-0.15, -0.1) is 0 Å². The summed E-state index contributed by atoms with van der Waals surface area (Å²) in [7, 11) is 0. The molecule has 4 rings (SSSR count). The van der Waals surface area contributed by atoms with Crippen molar-refractivity contribution in [3.8, 4) is 0 Å². The second-order valence-corrected chi connectivity index (χ2v) is 10.9. The van der Waals surface area contributed by atoms with Gasteiger partial charge in [-0.1, -0.05) is 84.9 Å². The summed E-state index contributed by atoms with van der Waals surface area (Å²) in [6, 6.07) is 24.8. The molecule has 0 aliphatic rings. The first-order chi connectivity index (χ1) is 20.5. The average Bonchev–Trinajstić information content (AvgIpc) is 3.02. The Balaban J connectivity index is 1.64. The summed E-state index contributed by atoms with van der Waals surface area (Å²) >= 11 is 0. The van der Waals surface area contributed by atoms with Gasteiger partial charge in [0.2, 0.25) is 0 Å². The maximum absolute atomic E-state index is 13.3. The van der Waals surface area contributed by atoms with Crippen LogP contribution in [0.4, 0.5) is 0 Å². The van der Waals surface area contributed by atoms with Crippen LogP contribution in [0.3, 0.4) is 0 Å². The Morgan fingerprint density at radius 3 is 1.19 bits per heavy atom. The lowest BCUT2D eigenvalue weighted by atomic mass is 9.95. The third kappa shape index (κ3) is 6.97. The van der Waals surface area contributed by atoms with Gasteiger partial charge in [-0.25, -0.2) is 9.59 Å². The third-order valence-corrected chi connectivity index (χ3v) is 8.25. The van der Waals surface area contributed by atoms with Crippen LogP contribution >= 0.6 is 0 Å². The molecule has 6 nitrogen and oxygen atoms in total. The van der Waals surface area contributed by atoms with Crippen molar-refractivity contribution < 1.29 is 28.7 Å². The highest BCUT2D eigenvalue weighted by Gasteiger charge is 2.31. The van der Waals surface area contributed by atoms with Crippen molar-refractivity contribution in [1.29, 1.82) is 0 Å². The average molecular weight is 577 g/mol. The van der Waals surface area contributed by atoms with E-state index in [1.807, 2.05) is 39.8 Å². The van der Waals surface area contributed by atoms with E-state index in [-0.39, 0.29) is 17.5 Å². The number of carbonyl (C=O) groups excluding carboxylic acids is 4. The first-order valence-corrected chi connectivity index (χ1v) is 14.2. The molecule has 0 aliphatic carbocycles. The van der Waals surface area contributed by atoms with Gasteiger partial charge in [0.25, 0.3) is 11.6 Å². The summed E-state index contributed by atoms with van der Waals surface area (Å²) < 4.78 is 11.7. The zero-order valence-electron chi connectivity index (χ0n) is 25.4. The summed E-state index contributed by atoms with van der Waals surface area (Å²) in [5, 5.41) is 0. The van der Waals surface area contributed by atoms with Gasteiger partial charge in [0.05, 0.1) is 0 Å². The maximum atomic E-state index is 13.3. The van der Waals surface area contributed by atoms with E-state index in [1.54, 1.807) is 86.6 Å². The van der Waals surface area contributed by atoms with Crippen molar-refractivity contribution >= 4 is 23.5 Å². The van der Waals surface area contributed by atoms with Gasteiger partial charge in [-0.3, -0.25) is 9.59 Å². The van der Waals surface area contributed by atoms with Crippen LogP contribution in [0.1, 0.15) is 83.9 Å². The molecule has 0 fully saturated rings. The molecule has 0 saturated heterocycles. The van der Waals surface area contributed by atoms with E-state index >= 15 is 0 Å². The van der Waals surface area contributed by atoms with Gasteiger partial charge in [0, 0.05) is 17.5 Å². The predicted molar refractivity (Wildman–Crippen MR) is 165 cm³/mol. The van der Waals surface area contributed by atoms with Crippen LogP contribution in [0.5, 0.6) is 0 Å². The summed E-state index contributed by atoms with van der Waals surface area (Å²) in [4.78, 5) is 53.1. The number of ketones is 2. The Hall–Kier alpha value is -4.84. The van der Waals surface area contributed by atoms with Gasteiger partial charge in [0.1, 0.15) is 12.2 Å². The molecular formula is C37H36O6. The van der Waals surface area contributed by atoms with Crippen LogP contribution in [0.25, 0.3) is 0 Å². The summed E-state index contributed by atoms with van der Waals surface area (Å²) in [5.41, 5.74) is 7.12. The Morgan fingerprint density at radius 1 is 0.488 bits per heavy atom. The van der Waals surface area contributed by atoms with E-state index in [0.29, 0.717) is 11.1 Å². The molecule has 4 aromatic carbocycles. The Labute approximate surface area is 252 Å². The van der Waals surface area contributed by atoms with Crippen LogP contribution in [0.2, 0.25) is 0 Å². The van der Waals surface area contributed by atoms with Crippen LogP contribution in [-0.2, 0) is 19.1 Å².